The number of nitrogens with two attached hydrogens (primary N) is 1. The summed E-state index contributed by atoms with van der Waals surface area (Å²) in [6, 6.07) is 4.96. The van der Waals surface area contributed by atoms with Crippen molar-refractivity contribution in [3.05, 3.63) is 28.8 Å². The maximum absolute atomic E-state index is 11.7. The Kier molecular flexibility index (Phi) is 5.71. The van der Waals surface area contributed by atoms with Gasteiger partial charge < -0.3 is 10.5 Å². The summed E-state index contributed by atoms with van der Waals surface area (Å²) in [7, 11) is 0. The molecule has 7 heteroatoms. The SMILES string of the molecule is NCCc1c(Cl)cccc1OCCOC(F)(F)F. The van der Waals surface area contributed by atoms with Gasteiger partial charge in [0.25, 0.3) is 0 Å². The van der Waals surface area contributed by atoms with Crippen molar-refractivity contribution in [2.45, 2.75) is 12.8 Å². The summed E-state index contributed by atoms with van der Waals surface area (Å²) in [6.45, 7) is -0.408. The van der Waals surface area contributed by atoms with E-state index in [1.807, 2.05) is 0 Å². The lowest BCUT2D eigenvalue weighted by Gasteiger charge is -2.13. The second-order valence-corrected chi connectivity index (χ2v) is 3.81. The molecule has 3 nitrogen and oxygen atoms in total. The number of benzene rings is 1. The third-order valence-corrected chi connectivity index (χ3v) is 2.43. The number of rotatable bonds is 6. The van der Waals surface area contributed by atoms with Gasteiger partial charge in [-0.2, -0.15) is 0 Å². The Hall–Kier alpha value is -0.980. The molecule has 0 saturated carbocycles. The van der Waals surface area contributed by atoms with Crippen molar-refractivity contribution in [2.24, 2.45) is 5.73 Å². The summed E-state index contributed by atoms with van der Waals surface area (Å²) in [4.78, 5) is 0. The van der Waals surface area contributed by atoms with Gasteiger partial charge in [0.15, 0.2) is 0 Å². The predicted octanol–water partition coefficient (Wildman–Crippen LogP) is 2.76. The fourth-order valence-electron chi connectivity index (χ4n) is 1.37. The molecule has 0 bridgehead atoms. The molecule has 0 radical (unpaired) electrons. The fourth-order valence-corrected chi connectivity index (χ4v) is 1.63. The van der Waals surface area contributed by atoms with E-state index in [1.54, 1.807) is 18.2 Å². The first kappa shape index (κ1) is 15.1. The largest absolute Gasteiger partial charge is 0.522 e. The molecule has 0 atom stereocenters. The highest BCUT2D eigenvalue weighted by atomic mass is 35.5. The number of hydrogen-bond acceptors (Lipinski definition) is 3. The summed E-state index contributed by atoms with van der Waals surface area (Å²) in [6.07, 6.45) is -4.15. The van der Waals surface area contributed by atoms with Gasteiger partial charge in [0.2, 0.25) is 0 Å². The van der Waals surface area contributed by atoms with Gasteiger partial charge >= 0.3 is 6.36 Å². The summed E-state index contributed by atoms with van der Waals surface area (Å²) < 4.78 is 44.0. The molecule has 0 saturated heterocycles. The molecule has 1 aromatic carbocycles. The van der Waals surface area contributed by atoms with Crippen LogP contribution in [0.4, 0.5) is 13.2 Å². The maximum atomic E-state index is 11.7. The number of hydrogen-bond donors (Lipinski definition) is 1. The number of ether oxygens (including phenoxy) is 2. The zero-order valence-corrected chi connectivity index (χ0v) is 10.2. The van der Waals surface area contributed by atoms with Crippen LogP contribution in [0, 0.1) is 0 Å². The Morgan fingerprint density at radius 2 is 1.94 bits per heavy atom. The van der Waals surface area contributed by atoms with E-state index in [4.69, 9.17) is 22.1 Å². The number of alkyl halides is 3. The van der Waals surface area contributed by atoms with Gasteiger partial charge in [-0.3, -0.25) is 4.74 Å². The van der Waals surface area contributed by atoms with E-state index in [-0.39, 0.29) is 6.61 Å². The zero-order valence-electron chi connectivity index (χ0n) is 9.47. The third kappa shape index (κ3) is 5.12. The minimum absolute atomic E-state index is 0.211. The average molecular weight is 284 g/mol. The molecule has 0 unspecified atom stereocenters. The van der Waals surface area contributed by atoms with Crippen LogP contribution >= 0.6 is 11.6 Å². The molecule has 0 aromatic heterocycles. The van der Waals surface area contributed by atoms with Gasteiger partial charge in [-0.15, -0.1) is 13.2 Å². The lowest BCUT2D eigenvalue weighted by atomic mass is 10.1. The Morgan fingerprint density at radius 3 is 2.56 bits per heavy atom. The Labute approximate surface area is 108 Å². The van der Waals surface area contributed by atoms with Crippen molar-refractivity contribution >= 4 is 11.6 Å². The van der Waals surface area contributed by atoms with Crippen molar-refractivity contribution in [1.82, 2.24) is 0 Å². The first-order valence-corrected chi connectivity index (χ1v) is 5.63. The van der Waals surface area contributed by atoms with E-state index < -0.39 is 13.0 Å². The molecule has 102 valence electrons. The summed E-state index contributed by atoms with van der Waals surface area (Å²) >= 11 is 5.95. The van der Waals surface area contributed by atoms with Crippen molar-refractivity contribution < 1.29 is 22.6 Å². The smallest absolute Gasteiger partial charge is 0.491 e. The predicted molar refractivity (Wildman–Crippen MR) is 61.7 cm³/mol. The Balaban J connectivity index is 2.54. The molecule has 0 aliphatic carbocycles. The summed E-state index contributed by atoms with van der Waals surface area (Å²) in [5, 5.41) is 0.481. The minimum atomic E-state index is -4.64. The lowest BCUT2D eigenvalue weighted by molar-refractivity contribution is -0.325. The molecule has 1 aromatic rings. The zero-order chi connectivity index (χ0) is 13.6. The topological polar surface area (TPSA) is 44.5 Å². The first-order valence-electron chi connectivity index (χ1n) is 5.25. The van der Waals surface area contributed by atoms with Crippen molar-refractivity contribution in [1.29, 1.82) is 0 Å². The summed E-state index contributed by atoms with van der Waals surface area (Å²) in [5.74, 6) is 0.429. The van der Waals surface area contributed by atoms with Crippen molar-refractivity contribution in [3.63, 3.8) is 0 Å². The van der Waals surface area contributed by atoms with Crippen LogP contribution < -0.4 is 10.5 Å². The molecule has 0 heterocycles. The van der Waals surface area contributed by atoms with Crippen LogP contribution in [0.1, 0.15) is 5.56 Å². The second-order valence-electron chi connectivity index (χ2n) is 3.40. The van der Waals surface area contributed by atoms with E-state index in [0.717, 1.165) is 0 Å². The van der Waals surface area contributed by atoms with Gasteiger partial charge in [0.05, 0.1) is 6.61 Å². The molecular formula is C11H13ClF3NO2. The van der Waals surface area contributed by atoms with Crippen LogP contribution in [0.15, 0.2) is 18.2 Å². The molecule has 0 aliphatic rings. The molecule has 0 spiro atoms. The fraction of sp³-hybridized carbons (Fsp3) is 0.455. The minimum Gasteiger partial charge on any atom is -0.491 e. The van der Waals surface area contributed by atoms with Crippen LogP contribution in [0.2, 0.25) is 5.02 Å². The molecule has 0 amide bonds. The van der Waals surface area contributed by atoms with E-state index in [1.165, 1.54) is 0 Å². The highest BCUT2D eigenvalue weighted by Crippen LogP contribution is 2.26. The van der Waals surface area contributed by atoms with Gasteiger partial charge in [-0.1, -0.05) is 17.7 Å². The van der Waals surface area contributed by atoms with Crippen LogP contribution in [0.25, 0.3) is 0 Å². The maximum Gasteiger partial charge on any atom is 0.522 e. The van der Waals surface area contributed by atoms with Crippen LogP contribution in [-0.4, -0.2) is 26.1 Å². The van der Waals surface area contributed by atoms with Gasteiger partial charge in [0, 0.05) is 10.6 Å². The molecule has 0 aliphatic heterocycles. The highest BCUT2D eigenvalue weighted by molar-refractivity contribution is 6.31. The molecule has 2 N–H and O–H groups in total. The highest BCUT2D eigenvalue weighted by Gasteiger charge is 2.28. The van der Waals surface area contributed by atoms with Gasteiger partial charge in [-0.05, 0) is 25.1 Å². The second kappa shape index (κ2) is 6.82. The average Bonchev–Trinajstić information content (AvgIpc) is 2.27. The molecule has 18 heavy (non-hydrogen) atoms. The molecule has 1 rings (SSSR count). The van der Waals surface area contributed by atoms with Crippen LogP contribution in [0.5, 0.6) is 5.75 Å². The number of halogens is 4. The Morgan fingerprint density at radius 1 is 1.22 bits per heavy atom. The van der Waals surface area contributed by atoms with Crippen molar-refractivity contribution in [3.8, 4) is 5.75 Å². The van der Waals surface area contributed by atoms with E-state index in [0.29, 0.717) is 29.3 Å². The van der Waals surface area contributed by atoms with E-state index in [2.05, 4.69) is 4.74 Å². The van der Waals surface area contributed by atoms with Crippen LogP contribution in [-0.2, 0) is 11.2 Å². The van der Waals surface area contributed by atoms with Gasteiger partial charge in [0.1, 0.15) is 12.4 Å². The third-order valence-electron chi connectivity index (χ3n) is 2.08. The van der Waals surface area contributed by atoms with Crippen LogP contribution in [0.3, 0.4) is 0 Å². The quantitative estimate of drug-likeness (QED) is 0.817. The van der Waals surface area contributed by atoms with E-state index >= 15 is 0 Å². The van der Waals surface area contributed by atoms with Crippen molar-refractivity contribution in [2.75, 3.05) is 19.8 Å². The Bertz CT molecular complexity index is 385. The first-order chi connectivity index (χ1) is 8.44. The lowest BCUT2D eigenvalue weighted by Crippen LogP contribution is -2.18. The van der Waals surface area contributed by atoms with E-state index in [9.17, 15) is 13.2 Å². The monoisotopic (exact) mass is 283 g/mol. The molecule has 0 fully saturated rings. The normalized spacial score (nSPS) is 11.6. The standard InChI is InChI=1S/C11H13ClF3NO2/c12-9-2-1-3-10(8(9)4-5-16)17-6-7-18-11(13,14)15/h1-3H,4-7,16H2. The van der Waals surface area contributed by atoms with Gasteiger partial charge in [-0.25, -0.2) is 0 Å². The molecular weight excluding hydrogens is 271 g/mol. The summed E-state index contributed by atoms with van der Waals surface area (Å²) in [5.41, 5.74) is 6.11.